The summed E-state index contributed by atoms with van der Waals surface area (Å²) < 4.78 is 57.0. The van der Waals surface area contributed by atoms with Crippen LogP contribution in [0.1, 0.15) is 29.2 Å². The monoisotopic (exact) mass is 591 g/mol. The van der Waals surface area contributed by atoms with Gasteiger partial charge in [-0.05, 0) is 86.8 Å². The maximum atomic E-state index is 13.7. The minimum atomic E-state index is -4.07. The molecule has 0 unspecified atom stereocenters. The highest BCUT2D eigenvalue weighted by Crippen LogP contribution is 2.28. The first-order chi connectivity index (χ1) is 19.4. The van der Waals surface area contributed by atoms with Crippen molar-refractivity contribution < 1.29 is 21.6 Å². The van der Waals surface area contributed by atoms with Crippen molar-refractivity contribution >= 4 is 43.0 Å². The molecule has 0 radical (unpaired) electrons. The molecule has 214 valence electrons. The Hall–Kier alpha value is -4.15. The first kappa shape index (κ1) is 29.8. The van der Waals surface area contributed by atoms with Crippen molar-refractivity contribution in [3.8, 4) is 0 Å². The number of aryl methyl sites for hydroxylation is 4. The molecule has 0 atom stereocenters. The van der Waals surface area contributed by atoms with Crippen LogP contribution in [0.4, 0.5) is 17.1 Å². The molecule has 0 aliphatic rings. The molecule has 41 heavy (non-hydrogen) atoms. The van der Waals surface area contributed by atoms with Crippen LogP contribution in [0.3, 0.4) is 0 Å². The van der Waals surface area contributed by atoms with Gasteiger partial charge in [0.25, 0.3) is 20.0 Å². The molecule has 4 aromatic rings. The van der Waals surface area contributed by atoms with E-state index in [0.29, 0.717) is 23.5 Å². The molecule has 0 aliphatic carbocycles. The molecule has 1 amide bonds. The quantitative estimate of drug-likeness (QED) is 0.242. The first-order valence-electron chi connectivity index (χ1n) is 13.1. The standard InChI is InChI=1S/C31H33N3O5S2/c1-5-25-8-6-7-9-30(25)34(41(38,39)28-15-10-22(2)11-16-28)21-31(35)32-26-13-17-27(18-14-26)40(36,37)33-29-19-12-23(3)20-24(29)4/h6-20,33H,5,21H2,1-4H3,(H,32,35). The van der Waals surface area contributed by atoms with E-state index in [2.05, 4.69) is 10.0 Å². The summed E-state index contributed by atoms with van der Waals surface area (Å²) in [5.41, 5.74) is 4.75. The summed E-state index contributed by atoms with van der Waals surface area (Å²) in [6.07, 6.45) is 0.573. The molecule has 0 aromatic heterocycles. The Labute approximate surface area is 242 Å². The van der Waals surface area contributed by atoms with Crippen molar-refractivity contribution in [2.45, 2.75) is 43.9 Å². The van der Waals surface area contributed by atoms with Gasteiger partial charge in [0.1, 0.15) is 6.54 Å². The minimum absolute atomic E-state index is 0.0240. The van der Waals surface area contributed by atoms with E-state index in [0.717, 1.165) is 26.6 Å². The lowest BCUT2D eigenvalue weighted by Gasteiger charge is -2.26. The number of hydrogen-bond donors (Lipinski definition) is 2. The van der Waals surface area contributed by atoms with Crippen molar-refractivity contribution in [2.75, 3.05) is 20.9 Å². The highest BCUT2D eigenvalue weighted by molar-refractivity contribution is 7.93. The van der Waals surface area contributed by atoms with Crippen molar-refractivity contribution in [3.63, 3.8) is 0 Å². The smallest absolute Gasteiger partial charge is 0.264 e. The van der Waals surface area contributed by atoms with Crippen molar-refractivity contribution in [1.29, 1.82) is 0 Å². The third kappa shape index (κ3) is 6.96. The van der Waals surface area contributed by atoms with E-state index in [1.165, 1.54) is 36.4 Å². The summed E-state index contributed by atoms with van der Waals surface area (Å²) in [4.78, 5) is 13.3. The third-order valence-electron chi connectivity index (χ3n) is 6.61. The van der Waals surface area contributed by atoms with Crippen molar-refractivity contribution in [2.24, 2.45) is 0 Å². The molecule has 0 bridgehead atoms. The number of carbonyl (C=O) groups is 1. The number of sulfonamides is 2. The summed E-state index contributed by atoms with van der Waals surface area (Å²) in [6.45, 7) is 7.06. The average Bonchev–Trinajstić information content (AvgIpc) is 2.93. The Bertz CT molecular complexity index is 1770. The SMILES string of the molecule is CCc1ccccc1N(CC(=O)Nc1ccc(S(=O)(=O)Nc2ccc(C)cc2C)cc1)S(=O)(=O)c1ccc(C)cc1. The maximum Gasteiger partial charge on any atom is 0.264 e. The molecule has 0 heterocycles. The number of hydrogen-bond acceptors (Lipinski definition) is 5. The Morgan fingerprint density at radius 3 is 2.00 bits per heavy atom. The van der Waals surface area contributed by atoms with Crippen LogP contribution in [0.2, 0.25) is 0 Å². The number of nitrogens with zero attached hydrogens (tertiary/aromatic N) is 1. The molecule has 0 saturated carbocycles. The Morgan fingerprint density at radius 1 is 0.756 bits per heavy atom. The lowest BCUT2D eigenvalue weighted by Crippen LogP contribution is -2.38. The Morgan fingerprint density at radius 2 is 1.37 bits per heavy atom. The number of para-hydroxylation sites is 1. The Kier molecular flexibility index (Phi) is 8.84. The van der Waals surface area contributed by atoms with E-state index < -0.39 is 32.5 Å². The van der Waals surface area contributed by atoms with Crippen molar-refractivity contribution in [1.82, 2.24) is 0 Å². The minimum Gasteiger partial charge on any atom is -0.325 e. The topological polar surface area (TPSA) is 113 Å². The lowest BCUT2D eigenvalue weighted by atomic mass is 10.1. The lowest BCUT2D eigenvalue weighted by molar-refractivity contribution is -0.114. The van der Waals surface area contributed by atoms with Crippen LogP contribution in [-0.4, -0.2) is 29.3 Å². The van der Waals surface area contributed by atoms with E-state index in [-0.39, 0.29) is 9.79 Å². The van der Waals surface area contributed by atoms with Gasteiger partial charge in [-0.3, -0.25) is 13.8 Å². The Balaban J connectivity index is 1.56. The predicted octanol–water partition coefficient (Wildman–Crippen LogP) is 5.81. The fraction of sp³-hybridized carbons (Fsp3) is 0.194. The summed E-state index contributed by atoms with van der Waals surface area (Å²) >= 11 is 0. The van der Waals surface area contributed by atoms with Crippen LogP contribution < -0.4 is 14.3 Å². The van der Waals surface area contributed by atoms with Crippen LogP contribution in [-0.2, 0) is 31.3 Å². The van der Waals surface area contributed by atoms with Gasteiger partial charge in [0.2, 0.25) is 5.91 Å². The van der Waals surface area contributed by atoms with E-state index in [4.69, 9.17) is 0 Å². The average molecular weight is 592 g/mol. The third-order valence-corrected chi connectivity index (χ3v) is 9.77. The normalized spacial score (nSPS) is 11.6. The number of carbonyl (C=O) groups excluding carboxylic acids is 1. The molecule has 4 rings (SSSR count). The second-order valence-electron chi connectivity index (χ2n) is 9.80. The highest BCUT2D eigenvalue weighted by Gasteiger charge is 2.28. The van der Waals surface area contributed by atoms with Gasteiger partial charge in [0, 0.05) is 5.69 Å². The maximum absolute atomic E-state index is 13.7. The van der Waals surface area contributed by atoms with Gasteiger partial charge in [-0.1, -0.05) is 60.5 Å². The summed E-state index contributed by atoms with van der Waals surface area (Å²) in [6, 6.07) is 24.7. The van der Waals surface area contributed by atoms with Crippen molar-refractivity contribution in [3.05, 3.63) is 113 Å². The van der Waals surface area contributed by atoms with E-state index in [9.17, 15) is 21.6 Å². The molecule has 0 aliphatic heterocycles. The molecular weight excluding hydrogens is 558 g/mol. The van der Waals surface area contributed by atoms with Gasteiger partial charge < -0.3 is 5.32 Å². The van der Waals surface area contributed by atoms with Gasteiger partial charge in [-0.25, -0.2) is 16.8 Å². The number of amides is 1. The predicted molar refractivity (Wildman–Crippen MR) is 163 cm³/mol. The molecule has 2 N–H and O–H groups in total. The largest absolute Gasteiger partial charge is 0.325 e. The molecule has 10 heteroatoms. The molecule has 8 nitrogen and oxygen atoms in total. The molecule has 4 aromatic carbocycles. The summed E-state index contributed by atoms with van der Waals surface area (Å²) in [7, 11) is -7.93. The number of nitrogens with one attached hydrogen (secondary N) is 2. The first-order valence-corrected chi connectivity index (χ1v) is 16.0. The zero-order valence-electron chi connectivity index (χ0n) is 23.4. The zero-order valence-corrected chi connectivity index (χ0v) is 25.0. The van der Waals surface area contributed by atoms with E-state index in [1.807, 2.05) is 52.0 Å². The summed E-state index contributed by atoms with van der Waals surface area (Å²) in [5.74, 6) is -0.574. The fourth-order valence-corrected chi connectivity index (χ4v) is 6.96. The summed E-state index contributed by atoms with van der Waals surface area (Å²) in [5, 5.41) is 2.70. The van der Waals surface area contributed by atoms with Gasteiger partial charge in [-0.15, -0.1) is 0 Å². The van der Waals surface area contributed by atoms with Crippen LogP contribution in [0.25, 0.3) is 0 Å². The van der Waals surface area contributed by atoms with E-state index >= 15 is 0 Å². The van der Waals surface area contributed by atoms with E-state index in [1.54, 1.807) is 30.3 Å². The van der Waals surface area contributed by atoms with Crippen LogP contribution in [0.5, 0.6) is 0 Å². The van der Waals surface area contributed by atoms with Crippen LogP contribution in [0, 0.1) is 20.8 Å². The van der Waals surface area contributed by atoms with Crippen LogP contribution in [0.15, 0.2) is 101 Å². The molecule has 0 saturated heterocycles. The molecule has 0 fully saturated rings. The number of anilines is 3. The van der Waals surface area contributed by atoms with Gasteiger partial charge in [0.05, 0.1) is 21.2 Å². The zero-order chi connectivity index (χ0) is 29.8. The van der Waals surface area contributed by atoms with Crippen LogP contribution >= 0.6 is 0 Å². The second kappa shape index (κ2) is 12.2. The number of rotatable bonds is 10. The van der Waals surface area contributed by atoms with Gasteiger partial charge in [0.15, 0.2) is 0 Å². The fourth-order valence-electron chi connectivity index (χ4n) is 4.37. The highest BCUT2D eigenvalue weighted by atomic mass is 32.2. The van der Waals surface area contributed by atoms with Gasteiger partial charge in [-0.2, -0.15) is 0 Å². The second-order valence-corrected chi connectivity index (χ2v) is 13.3. The molecular formula is C31H33N3O5S2. The number of benzene rings is 4. The molecule has 0 spiro atoms. The van der Waals surface area contributed by atoms with Gasteiger partial charge >= 0.3 is 0 Å².